The molecule has 2 aromatic heterocycles. The molecule has 6 aliphatic rings. The standard InChI is InChI=1S/C85H91N11O15/c1-49(2)63(39-60(98)44-88-76(100)27-24-59(97)25-28-77(101)93-45-56-13-8-9-14-61(56)79-78(90-91-96(79)50(3)4)62-15-10-11-16-68(62)93)80(102)89-51(5)71(99)35-52-17-19-53(20-18-52)47-111-84(106)95-69-42-75(73(108-7)41-65(69)82(104)94-48-85(29-30-85)43-70(94)83(95)105)110-34-12-33-109-74-38-55-21-23-58-36-57(46-92(58)81(103)64(55)40-72(74)107-6)54-22-26-66-67(37-54)87-32-31-86-66/h8-11,13-20,22,26,31-32,37-38,40-42,46,49-51,58,63,70,83,105H,12,21,23-25,27-30,33-36,39,43-45,47-48H2,1-7H3,(H,88,100)(H,89,102)/t51-,58+,63-,70-,83?/m0/s1. The minimum atomic E-state index is -1.49. The number of benzene rings is 6. The van der Waals surface area contributed by atoms with E-state index in [4.69, 9.17) is 23.7 Å². The van der Waals surface area contributed by atoms with Gasteiger partial charge in [0.2, 0.25) is 17.7 Å². The van der Waals surface area contributed by atoms with E-state index in [0.29, 0.717) is 71.8 Å². The summed E-state index contributed by atoms with van der Waals surface area (Å²) in [6.45, 7) is 9.58. The number of aliphatic hydroxyl groups excluding tert-OH is 1. The highest BCUT2D eigenvalue weighted by Crippen LogP contribution is 2.57. The van der Waals surface area contributed by atoms with Gasteiger partial charge in [0.25, 0.3) is 11.8 Å². The normalized spacial score (nSPS) is 17.6. The van der Waals surface area contributed by atoms with E-state index in [9.17, 15) is 48.3 Å². The molecular formula is C85H91N11O15. The van der Waals surface area contributed by atoms with E-state index >= 15 is 0 Å². The number of rotatable bonds is 28. The lowest BCUT2D eigenvalue weighted by Crippen LogP contribution is -2.50. The Morgan fingerprint density at radius 1 is 0.694 bits per heavy atom. The van der Waals surface area contributed by atoms with E-state index in [-0.39, 0.29) is 147 Å². The van der Waals surface area contributed by atoms with Crippen molar-refractivity contribution in [1.29, 1.82) is 0 Å². The highest BCUT2D eigenvalue weighted by molar-refractivity contribution is 6.07. The van der Waals surface area contributed by atoms with Crippen molar-refractivity contribution in [3.05, 3.63) is 173 Å². The SMILES string of the molecule is COc1cc2c(cc1OCCCOc1cc3c(cc1OC)C(=O)N1CC4(CC4)C[C@H]1C(O)N3C(=O)OCc1ccc(CC(=O)[C@H](C)NC(=O)[C@@H](CC(=O)CNC(=O)CCC(=O)CCC(=O)N3Cc4ccccc4-c4c(nnn4C(C)C)-c4ccccc43)C(C)C)cc1)CC[C@@H]1CC(c3ccc4nccnc4c3)=CN1C2=O. The van der Waals surface area contributed by atoms with Gasteiger partial charge in [-0.3, -0.25) is 48.3 Å². The van der Waals surface area contributed by atoms with E-state index in [1.807, 2.05) is 102 Å². The van der Waals surface area contributed by atoms with Crippen molar-refractivity contribution in [2.75, 3.05) is 50.3 Å². The molecule has 1 spiro atoms. The molecule has 26 nitrogen and oxygen atoms in total. The molecule has 2 fully saturated rings. The number of nitrogens with one attached hydrogen (secondary N) is 2. The first-order valence-electron chi connectivity index (χ1n) is 38.1. The third kappa shape index (κ3) is 16.2. The van der Waals surface area contributed by atoms with Gasteiger partial charge in [0.05, 0.1) is 86.3 Å². The predicted molar refractivity (Wildman–Crippen MR) is 411 cm³/mol. The maximum absolute atomic E-state index is 14.6. The monoisotopic (exact) mass is 1510 g/mol. The number of carbonyl (C=O) groups is 9. The molecule has 0 bridgehead atoms. The van der Waals surface area contributed by atoms with Crippen LogP contribution in [0.2, 0.25) is 0 Å². The fourth-order valence-corrected chi connectivity index (χ4v) is 15.7. The molecule has 6 aromatic carbocycles. The molecule has 3 N–H and O–H groups in total. The van der Waals surface area contributed by atoms with Crippen LogP contribution in [-0.2, 0) is 59.5 Å². The smallest absolute Gasteiger partial charge is 0.416 e. The fourth-order valence-electron chi connectivity index (χ4n) is 15.7. The van der Waals surface area contributed by atoms with Crippen molar-refractivity contribution >= 4 is 81.0 Å². The largest absolute Gasteiger partial charge is 0.493 e. The van der Waals surface area contributed by atoms with Gasteiger partial charge in [0, 0.05) is 111 Å². The zero-order valence-corrected chi connectivity index (χ0v) is 63.4. The third-order valence-corrected chi connectivity index (χ3v) is 22.2. The van der Waals surface area contributed by atoms with Crippen molar-refractivity contribution in [1.82, 2.24) is 45.4 Å². The summed E-state index contributed by atoms with van der Waals surface area (Å²) in [5.41, 5.74) is 11.0. The number of aliphatic hydroxyl groups is 1. The number of amides is 6. The number of hydrogen-bond acceptors (Lipinski definition) is 19. The van der Waals surface area contributed by atoms with Crippen molar-refractivity contribution in [2.45, 2.75) is 162 Å². The number of ether oxygens (including phenoxy) is 5. The highest BCUT2D eigenvalue weighted by atomic mass is 16.6. The molecule has 8 aromatic rings. The van der Waals surface area contributed by atoms with Gasteiger partial charge in [-0.1, -0.05) is 91.9 Å². The number of aryl methyl sites for hydroxylation is 1. The molecule has 1 saturated carbocycles. The van der Waals surface area contributed by atoms with Crippen LogP contribution >= 0.6 is 0 Å². The van der Waals surface area contributed by atoms with Crippen LogP contribution < -0.4 is 39.4 Å². The Kier molecular flexibility index (Phi) is 22.3. The van der Waals surface area contributed by atoms with Crippen LogP contribution in [0.15, 0.2) is 134 Å². The fraction of sp³-hybridized carbons (Fsp3) is 0.400. The molecular weight excluding hydrogens is 1410 g/mol. The zero-order chi connectivity index (χ0) is 77.9. The molecule has 5 aliphatic heterocycles. The van der Waals surface area contributed by atoms with Crippen LogP contribution in [-0.4, -0.2) is 158 Å². The summed E-state index contributed by atoms with van der Waals surface area (Å²) in [4.78, 5) is 139. The summed E-state index contributed by atoms with van der Waals surface area (Å²) in [5.74, 6) is -2.60. The van der Waals surface area contributed by atoms with E-state index in [1.165, 1.54) is 26.4 Å². The number of hydrogen-bond donors (Lipinski definition) is 3. The molecule has 576 valence electrons. The Labute approximate surface area is 642 Å². The number of anilines is 2. The molecule has 14 rings (SSSR count). The van der Waals surface area contributed by atoms with E-state index in [0.717, 1.165) is 74.3 Å². The lowest BCUT2D eigenvalue weighted by Gasteiger charge is -2.31. The van der Waals surface area contributed by atoms with Gasteiger partial charge in [-0.15, -0.1) is 5.10 Å². The van der Waals surface area contributed by atoms with Gasteiger partial charge in [0.15, 0.2) is 40.8 Å². The number of nitrogens with zero attached hydrogens (tertiary/aromatic N) is 9. The topological polar surface area (TPSA) is 314 Å². The van der Waals surface area contributed by atoms with E-state index in [2.05, 4.69) is 30.9 Å². The van der Waals surface area contributed by atoms with Crippen molar-refractivity contribution < 1.29 is 71.9 Å². The average Bonchev–Trinajstić information content (AvgIpc) is 1.62. The Balaban J connectivity index is 0.540. The average molecular weight is 1510 g/mol. The van der Waals surface area contributed by atoms with Gasteiger partial charge in [-0.25, -0.2) is 14.4 Å². The number of Topliss-reactive ketones (excluding diaryl/α,β-unsaturated/α-hetero) is 3. The summed E-state index contributed by atoms with van der Waals surface area (Å²) < 4.78 is 32.0. The Morgan fingerprint density at radius 2 is 1.39 bits per heavy atom. The lowest BCUT2D eigenvalue weighted by molar-refractivity contribution is -0.133. The van der Waals surface area contributed by atoms with E-state index in [1.54, 1.807) is 73.3 Å². The summed E-state index contributed by atoms with van der Waals surface area (Å²) in [7, 11) is 2.98. The van der Waals surface area contributed by atoms with Crippen LogP contribution in [0.4, 0.5) is 16.2 Å². The Morgan fingerprint density at radius 3 is 2.12 bits per heavy atom. The molecule has 1 unspecified atom stereocenters. The van der Waals surface area contributed by atoms with Gasteiger partial charge < -0.3 is 54.1 Å². The highest BCUT2D eigenvalue weighted by Gasteiger charge is 2.58. The van der Waals surface area contributed by atoms with Crippen molar-refractivity contribution in [2.24, 2.45) is 17.3 Å². The summed E-state index contributed by atoms with van der Waals surface area (Å²) in [5, 5.41) is 26.7. The van der Waals surface area contributed by atoms with Crippen LogP contribution in [0.5, 0.6) is 23.0 Å². The molecule has 5 atom stereocenters. The number of methoxy groups -OCH3 is 2. The second kappa shape index (κ2) is 32.5. The van der Waals surface area contributed by atoms with Crippen molar-refractivity contribution in [3.63, 3.8) is 0 Å². The van der Waals surface area contributed by atoms with Crippen LogP contribution in [0.25, 0.3) is 39.1 Å². The lowest BCUT2D eigenvalue weighted by atomic mass is 9.89. The van der Waals surface area contributed by atoms with Gasteiger partial charge in [-0.05, 0) is 140 Å². The Hall–Kier alpha value is -11.7. The number of carbonyl (C=O) groups excluding carboxylic acids is 9. The predicted octanol–water partition coefficient (Wildman–Crippen LogP) is 11.3. The van der Waals surface area contributed by atoms with Crippen LogP contribution in [0, 0.1) is 17.3 Å². The molecule has 6 amide bonds. The second-order valence-electron chi connectivity index (χ2n) is 30.4. The molecule has 26 heteroatoms. The number of fused-ring (bicyclic) bond motifs is 10. The molecule has 1 aliphatic carbocycles. The minimum absolute atomic E-state index is 0.0218. The summed E-state index contributed by atoms with van der Waals surface area (Å²) >= 11 is 0. The third-order valence-electron chi connectivity index (χ3n) is 22.2. The maximum atomic E-state index is 14.6. The van der Waals surface area contributed by atoms with Crippen LogP contribution in [0.1, 0.15) is 160 Å². The number of ketones is 3. The molecule has 111 heavy (non-hydrogen) atoms. The Bertz CT molecular complexity index is 5010. The molecule has 1 saturated heterocycles. The number of para-hydroxylation sites is 1. The van der Waals surface area contributed by atoms with E-state index < -0.39 is 47.9 Å². The first kappa shape index (κ1) is 76.1. The minimum Gasteiger partial charge on any atom is -0.493 e. The molecule has 0 radical (unpaired) electrons. The second-order valence-corrected chi connectivity index (χ2v) is 30.4. The van der Waals surface area contributed by atoms with Gasteiger partial charge >= 0.3 is 6.09 Å². The van der Waals surface area contributed by atoms with Crippen LogP contribution in [0.3, 0.4) is 0 Å². The van der Waals surface area contributed by atoms with Gasteiger partial charge in [0.1, 0.15) is 18.1 Å². The first-order valence-corrected chi connectivity index (χ1v) is 38.1. The molecule has 7 heterocycles. The van der Waals surface area contributed by atoms with Gasteiger partial charge in [-0.2, -0.15) is 0 Å². The summed E-state index contributed by atoms with van der Waals surface area (Å²) in [6, 6.07) is 33.1. The zero-order valence-electron chi connectivity index (χ0n) is 63.4. The maximum Gasteiger partial charge on any atom is 0.416 e. The summed E-state index contributed by atoms with van der Waals surface area (Å²) in [6.07, 6.45) is 6.82. The first-order chi connectivity index (χ1) is 53.6. The quantitative estimate of drug-likeness (QED) is 0.0384. The number of aromatic nitrogens is 5. The van der Waals surface area contributed by atoms with Crippen molar-refractivity contribution in [3.8, 4) is 45.5 Å².